The van der Waals surface area contributed by atoms with Gasteiger partial charge in [0, 0.05) is 0 Å². The van der Waals surface area contributed by atoms with Crippen molar-refractivity contribution in [2.45, 2.75) is 0 Å². The van der Waals surface area contributed by atoms with Crippen LogP contribution in [0.2, 0.25) is 0 Å². The summed E-state index contributed by atoms with van der Waals surface area (Å²) in [6, 6.07) is 38.1. The third kappa shape index (κ3) is 1.52. The molecule has 0 heteroatoms. The lowest BCUT2D eigenvalue weighted by molar-refractivity contribution is 1.69. The fraction of sp³-hybridized carbons (Fsp3) is 0. The molecule has 12 rings (SSSR count). The van der Waals surface area contributed by atoms with Crippen LogP contribution in [-0.2, 0) is 0 Å². The van der Waals surface area contributed by atoms with Crippen molar-refractivity contribution in [1.29, 1.82) is 0 Å². The van der Waals surface area contributed by atoms with E-state index in [2.05, 4.69) is 97.1 Å². The van der Waals surface area contributed by atoms with Gasteiger partial charge in [0.25, 0.3) is 0 Å². The molecule has 0 amide bonds. The second kappa shape index (κ2) is 5.30. The van der Waals surface area contributed by atoms with Crippen molar-refractivity contribution in [2.24, 2.45) is 0 Å². The lowest BCUT2D eigenvalue weighted by Gasteiger charge is -2.22. The summed E-state index contributed by atoms with van der Waals surface area (Å²) in [5.41, 5.74) is 2.86. The molecular formula is C40H16. The molecule has 0 nitrogen and oxygen atoms in total. The van der Waals surface area contributed by atoms with Gasteiger partial charge in [-0.2, -0.15) is 0 Å². The lowest BCUT2D eigenvalue weighted by Crippen LogP contribution is -1.95. The fourth-order valence-electron chi connectivity index (χ4n) is 9.66. The number of hydrogen-bond acceptors (Lipinski definition) is 0. The maximum absolute atomic E-state index is 2.45. The van der Waals surface area contributed by atoms with Crippen LogP contribution in [0.1, 0.15) is 0 Å². The highest BCUT2D eigenvalue weighted by Gasteiger charge is 2.30. The van der Waals surface area contributed by atoms with Crippen LogP contribution >= 0.6 is 0 Å². The summed E-state index contributed by atoms with van der Waals surface area (Å²) in [5.74, 6) is 0. The van der Waals surface area contributed by atoms with Crippen molar-refractivity contribution in [2.75, 3.05) is 0 Å². The van der Waals surface area contributed by atoms with Crippen LogP contribution in [0.15, 0.2) is 97.1 Å². The minimum absolute atomic E-state index is 1.33. The molecule has 0 N–H and O–H groups in total. The Bertz CT molecular complexity index is 3150. The summed E-state index contributed by atoms with van der Waals surface area (Å²) in [4.78, 5) is 0. The molecule has 0 aliphatic heterocycles. The predicted molar refractivity (Wildman–Crippen MR) is 172 cm³/mol. The Labute approximate surface area is 225 Å². The van der Waals surface area contributed by atoms with Gasteiger partial charge in [0.2, 0.25) is 0 Å². The van der Waals surface area contributed by atoms with Gasteiger partial charge >= 0.3 is 0 Å². The van der Waals surface area contributed by atoms with E-state index < -0.39 is 0 Å². The monoisotopic (exact) mass is 496 g/mol. The van der Waals surface area contributed by atoms with Gasteiger partial charge in [-0.15, -0.1) is 0 Å². The summed E-state index contributed by atoms with van der Waals surface area (Å²) in [6.07, 6.45) is 0. The maximum atomic E-state index is 2.45. The van der Waals surface area contributed by atoms with Crippen molar-refractivity contribution < 1.29 is 0 Å². The van der Waals surface area contributed by atoms with Crippen LogP contribution in [-0.4, -0.2) is 0 Å². The van der Waals surface area contributed by atoms with Crippen LogP contribution in [0.3, 0.4) is 0 Å². The first kappa shape index (κ1) is 18.2. The van der Waals surface area contributed by atoms with Crippen LogP contribution < -0.4 is 0 Å². The number of hydrogen-bond donors (Lipinski definition) is 0. The molecule has 1 aliphatic carbocycles. The van der Waals surface area contributed by atoms with Crippen LogP contribution in [0.5, 0.6) is 0 Å². The van der Waals surface area contributed by atoms with E-state index in [1.54, 1.807) is 0 Å². The van der Waals surface area contributed by atoms with E-state index in [-0.39, 0.29) is 0 Å². The topological polar surface area (TPSA) is 0 Å². The zero-order valence-electron chi connectivity index (χ0n) is 21.2. The molecule has 0 atom stereocenters. The van der Waals surface area contributed by atoms with E-state index in [1.807, 2.05) is 0 Å². The molecule has 11 aromatic rings. The number of rotatable bonds is 0. The van der Waals surface area contributed by atoms with Gasteiger partial charge in [-0.25, -0.2) is 0 Å². The highest BCUT2D eigenvalue weighted by molar-refractivity contribution is 6.49. The molecule has 0 radical (unpaired) electrons. The minimum Gasteiger partial charge on any atom is -0.0610 e. The molecular weight excluding hydrogens is 480 g/mol. The summed E-state index contributed by atoms with van der Waals surface area (Å²) in [5, 5.41) is 31.1. The minimum atomic E-state index is 1.33. The average Bonchev–Trinajstić information content (AvgIpc) is 3.35. The normalized spacial score (nSPS) is 14.0. The highest BCUT2D eigenvalue weighted by Crippen LogP contribution is 2.57. The maximum Gasteiger partial charge on any atom is -0.000694 e. The van der Waals surface area contributed by atoms with Gasteiger partial charge in [0.15, 0.2) is 0 Å². The first-order chi connectivity index (χ1) is 19.9. The molecule has 0 fully saturated rings. The molecule has 1 aliphatic rings. The standard InChI is InChI=1S/C40H16/c1-3-17-4-2-6-26-30(17)18(5-1)24-9-10-25-23-8-7-19-21-12-15-28-34-29-16-13-22(32(21)34)20-11-14-27(33(23)31(19)20)38-36(25)35(24)37(26)39(28)40(29)38/h1-16H. The highest BCUT2D eigenvalue weighted by atomic mass is 14.3. The zero-order valence-corrected chi connectivity index (χ0v) is 21.2. The molecule has 176 valence electrons. The molecule has 0 heterocycles. The summed E-state index contributed by atoms with van der Waals surface area (Å²) >= 11 is 0. The van der Waals surface area contributed by atoms with E-state index in [0.717, 1.165) is 0 Å². The van der Waals surface area contributed by atoms with Crippen molar-refractivity contribution in [3.8, 4) is 11.1 Å². The Kier molecular flexibility index (Phi) is 2.41. The van der Waals surface area contributed by atoms with Gasteiger partial charge in [-0.05, 0) is 129 Å². The van der Waals surface area contributed by atoms with Crippen molar-refractivity contribution >= 4 is 108 Å². The molecule has 0 saturated heterocycles. The molecule has 0 saturated carbocycles. The van der Waals surface area contributed by atoms with E-state index >= 15 is 0 Å². The van der Waals surface area contributed by atoms with Gasteiger partial charge < -0.3 is 0 Å². The average molecular weight is 497 g/mol. The number of fused-ring (bicyclic) bond motifs is 10. The molecule has 0 aromatic heterocycles. The second-order valence-corrected chi connectivity index (χ2v) is 12.3. The van der Waals surface area contributed by atoms with Gasteiger partial charge in [0.1, 0.15) is 0 Å². The third-order valence-electron chi connectivity index (χ3n) is 10.9. The van der Waals surface area contributed by atoms with E-state index in [1.165, 1.54) is 129 Å². The van der Waals surface area contributed by atoms with E-state index in [4.69, 9.17) is 0 Å². The SMILES string of the molecule is c1cc2cccc3c4c5c6c7c8ccc9c%10ccc=6c6c-5ccc(c5ccc(c%11ccc(c(c1)c23)c4c%117)c8c59)c6%10. The van der Waals surface area contributed by atoms with Crippen molar-refractivity contribution in [1.82, 2.24) is 0 Å². The Morgan fingerprint density at radius 1 is 0.275 bits per heavy atom. The van der Waals surface area contributed by atoms with Crippen molar-refractivity contribution in [3.63, 3.8) is 0 Å². The van der Waals surface area contributed by atoms with E-state index in [9.17, 15) is 0 Å². The lowest BCUT2D eigenvalue weighted by atomic mass is 9.80. The smallest absolute Gasteiger partial charge is 0.000694 e. The first-order valence-corrected chi connectivity index (χ1v) is 14.3. The quantitative estimate of drug-likeness (QED) is 0.145. The molecule has 0 spiro atoms. The summed E-state index contributed by atoms with van der Waals surface area (Å²) < 4.78 is 0. The number of benzene rings is 11. The zero-order chi connectivity index (χ0) is 25.2. The molecule has 0 bridgehead atoms. The third-order valence-corrected chi connectivity index (χ3v) is 10.9. The van der Waals surface area contributed by atoms with E-state index in [0.29, 0.717) is 0 Å². The Hall–Kier alpha value is -5.20. The Morgan fingerprint density at radius 2 is 0.750 bits per heavy atom. The van der Waals surface area contributed by atoms with Crippen molar-refractivity contribution in [3.05, 3.63) is 107 Å². The predicted octanol–water partition coefficient (Wildman–Crippen LogP) is 11.1. The first-order valence-electron chi connectivity index (χ1n) is 14.3. The van der Waals surface area contributed by atoms with Gasteiger partial charge in [0.05, 0.1) is 0 Å². The largest absolute Gasteiger partial charge is 0.0610 e. The summed E-state index contributed by atoms with van der Waals surface area (Å²) in [7, 11) is 0. The Morgan fingerprint density at radius 3 is 1.48 bits per heavy atom. The molecule has 11 aromatic carbocycles. The second-order valence-electron chi connectivity index (χ2n) is 12.3. The van der Waals surface area contributed by atoms with Crippen LogP contribution in [0.4, 0.5) is 0 Å². The molecule has 0 unspecified atom stereocenters. The molecule has 40 heavy (non-hydrogen) atoms. The van der Waals surface area contributed by atoms with Crippen LogP contribution in [0, 0.1) is 10.4 Å². The van der Waals surface area contributed by atoms with Crippen LogP contribution in [0.25, 0.3) is 119 Å². The fourth-order valence-corrected chi connectivity index (χ4v) is 9.66. The Balaban J connectivity index is 1.63. The van der Waals surface area contributed by atoms with Gasteiger partial charge in [-0.3, -0.25) is 0 Å². The van der Waals surface area contributed by atoms with Gasteiger partial charge in [-0.1, -0.05) is 97.1 Å². The summed E-state index contributed by atoms with van der Waals surface area (Å²) in [6.45, 7) is 0.